The fourth-order valence-corrected chi connectivity index (χ4v) is 2.80. The fraction of sp³-hybridized carbons (Fsp3) is 0.571. The van der Waals surface area contributed by atoms with Gasteiger partial charge in [0.1, 0.15) is 5.82 Å². The molecule has 0 spiro atoms. The van der Waals surface area contributed by atoms with Crippen LogP contribution >= 0.6 is 11.6 Å². The maximum atomic E-state index is 13.2. The van der Waals surface area contributed by atoms with Gasteiger partial charge in [0, 0.05) is 0 Å². The van der Waals surface area contributed by atoms with Crippen LogP contribution in [0.1, 0.15) is 24.8 Å². The Hall–Kier alpha value is -0.640. The van der Waals surface area contributed by atoms with Gasteiger partial charge in [-0.15, -0.1) is 0 Å². The van der Waals surface area contributed by atoms with Crippen molar-refractivity contribution in [3.8, 4) is 0 Å². The molecule has 2 unspecified atom stereocenters. The molecule has 4 heteroatoms. The largest absolute Gasteiger partial charge is 0.376 e. The SMILES string of the molecule is NCC1CCCC1COCc1cccc(F)c1Cl. The third-order valence-corrected chi connectivity index (χ3v) is 4.16. The summed E-state index contributed by atoms with van der Waals surface area (Å²) in [6.07, 6.45) is 3.61. The van der Waals surface area contributed by atoms with Crippen LogP contribution in [-0.2, 0) is 11.3 Å². The second kappa shape index (κ2) is 6.50. The minimum atomic E-state index is -0.390. The van der Waals surface area contributed by atoms with Gasteiger partial charge < -0.3 is 10.5 Å². The average molecular weight is 272 g/mol. The number of ether oxygens (including phenoxy) is 1. The lowest BCUT2D eigenvalue weighted by molar-refractivity contribution is 0.0752. The zero-order valence-corrected chi connectivity index (χ0v) is 11.1. The van der Waals surface area contributed by atoms with Crippen LogP contribution in [-0.4, -0.2) is 13.2 Å². The van der Waals surface area contributed by atoms with Crippen molar-refractivity contribution in [2.75, 3.05) is 13.2 Å². The third kappa shape index (κ3) is 3.22. The van der Waals surface area contributed by atoms with Crippen molar-refractivity contribution >= 4 is 11.6 Å². The van der Waals surface area contributed by atoms with Gasteiger partial charge >= 0.3 is 0 Å². The summed E-state index contributed by atoms with van der Waals surface area (Å²) in [4.78, 5) is 0. The smallest absolute Gasteiger partial charge is 0.142 e. The lowest BCUT2D eigenvalue weighted by Gasteiger charge is -2.18. The van der Waals surface area contributed by atoms with E-state index >= 15 is 0 Å². The van der Waals surface area contributed by atoms with Crippen molar-refractivity contribution in [2.24, 2.45) is 17.6 Å². The first-order chi connectivity index (χ1) is 8.72. The Morgan fingerprint density at radius 2 is 2.11 bits per heavy atom. The van der Waals surface area contributed by atoms with Crippen molar-refractivity contribution in [2.45, 2.75) is 25.9 Å². The van der Waals surface area contributed by atoms with Gasteiger partial charge in [0.15, 0.2) is 0 Å². The van der Waals surface area contributed by atoms with Crippen LogP contribution in [0, 0.1) is 17.7 Å². The van der Waals surface area contributed by atoms with E-state index in [0.717, 1.165) is 6.54 Å². The molecular weight excluding hydrogens is 253 g/mol. The Balaban J connectivity index is 1.83. The molecule has 1 aromatic rings. The van der Waals surface area contributed by atoms with E-state index < -0.39 is 5.82 Å². The van der Waals surface area contributed by atoms with E-state index in [2.05, 4.69) is 0 Å². The highest BCUT2D eigenvalue weighted by Gasteiger charge is 2.26. The number of rotatable bonds is 5. The summed E-state index contributed by atoms with van der Waals surface area (Å²) >= 11 is 5.87. The van der Waals surface area contributed by atoms with Gasteiger partial charge in [-0.2, -0.15) is 0 Å². The summed E-state index contributed by atoms with van der Waals surface area (Å²) < 4.78 is 18.9. The number of halogens is 2. The molecule has 1 aromatic carbocycles. The quantitative estimate of drug-likeness (QED) is 0.891. The van der Waals surface area contributed by atoms with Crippen molar-refractivity contribution in [3.05, 3.63) is 34.6 Å². The molecule has 2 rings (SSSR count). The van der Waals surface area contributed by atoms with Crippen LogP contribution in [0.2, 0.25) is 5.02 Å². The molecule has 0 radical (unpaired) electrons. The molecule has 0 bridgehead atoms. The van der Waals surface area contributed by atoms with Crippen LogP contribution in [0.3, 0.4) is 0 Å². The number of benzene rings is 1. The van der Waals surface area contributed by atoms with Gasteiger partial charge in [-0.25, -0.2) is 4.39 Å². The zero-order valence-electron chi connectivity index (χ0n) is 10.4. The van der Waals surface area contributed by atoms with E-state index in [1.165, 1.54) is 25.3 Å². The molecule has 1 aliphatic rings. The fourth-order valence-electron chi connectivity index (χ4n) is 2.62. The molecular formula is C14H19ClFNO. The minimum absolute atomic E-state index is 0.166. The second-order valence-electron chi connectivity index (χ2n) is 4.91. The van der Waals surface area contributed by atoms with E-state index in [9.17, 15) is 4.39 Å². The minimum Gasteiger partial charge on any atom is -0.376 e. The second-order valence-corrected chi connectivity index (χ2v) is 5.29. The molecule has 1 fully saturated rings. The predicted molar refractivity (Wildman–Crippen MR) is 71.0 cm³/mol. The Labute approximate surface area is 112 Å². The van der Waals surface area contributed by atoms with Gasteiger partial charge in [0.05, 0.1) is 18.2 Å². The van der Waals surface area contributed by atoms with E-state index in [-0.39, 0.29) is 5.02 Å². The first kappa shape index (κ1) is 13.8. The zero-order chi connectivity index (χ0) is 13.0. The van der Waals surface area contributed by atoms with E-state index in [4.69, 9.17) is 22.1 Å². The lowest BCUT2D eigenvalue weighted by Crippen LogP contribution is -2.22. The molecule has 0 aliphatic heterocycles. The van der Waals surface area contributed by atoms with Crippen LogP contribution in [0.25, 0.3) is 0 Å². The maximum Gasteiger partial charge on any atom is 0.142 e. The highest BCUT2D eigenvalue weighted by molar-refractivity contribution is 6.31. The van der Waals surface area contributed by atoms with Crippen LogP contribution in [0.15, 0.2) is 18.2 Å². The highest BCUT2D eigenvalue weighted by atomic mass is 35.5. The van der Waals surface area contributed by atoms with Gasteiger partial charge in [-0.05, 0) is 42.9 Å². The van der Waals surface area contributed by atoms with Crippen molar-refractivity contribution < 1.29 is 9.13 Å². The topological polar surface area (TPSA) is 35.2 Å². The van der Waals surface area contributed by atoms with Crippen LogP contribution in [0.5, 0.6) is 0 Å². The van der Waals surface area contributed by atoms with E-state index in [1.54, 1.807) is 12.1 Å². The monoisotopic (exact) mass is 271 g/mol. The van der Waals surface area contributed by atoms with Crippen LogP contribution < -0.4 is 5.73 Å². The van der Waals surface area contributed by atoms with Crippen molar-refractivity contribution in [3.63, 3.8) is 0 Å². The Kier molecular flexibility index (Phi) is 4.98. The summed E-state index contributed by atoms with van der Waals surface area (Å²) in [6, 6.07) is 4.80. The summed E-state index contributed by atoms with van der Waals surface area (Å²) in [5, 5.41) is 0.166. The number of hydrogen-bond donors (Lipinski definition) is 1. The molecule has 0 heterocycles. The summed E-state index contributed by atoms with van der Waals surface area (Å²) in [5.74, 6) is 0.730. The molecule has 2 N–H and O–H groups in total. The Bertz CT molecular complexity index is 399. The standard InChI is InChI=1S/C14H19ClFNO/c15-14-12(5-2-6-13(14)16)9-18-8-11-4-1-3-10(11)7-17/h2,5-6,10-11H,1,3-4,7-9,17H2. The molecule has 100 valence electrons. The molecule has 2 nitrogen and oxygen atoms in total. The molecule has 0 amide bonds. The molecule has 1 saturated carbocycles. The third-order valence-electron chi connectivity index (χ3n) is 3.74. The van der Waals surface area contributed by atoms with Crippen molar-refractivity contribution in [1.82, 2.24) is 0 Å². The van der Waals surface area contributed by atoms with Gasteiger partial charge in [0.2, 0.25) is 0 Å². The van der Waals surface area contributed by atoms with Gasteiger partial charge in [0.25, 0.3) is 0 Å². The van der Waals surface area contributed by atoms with E-state index in [1.807, 2.05) is 0 Å². The number of hydrogen-bond acceptors (Lipinski definition) is 2. The summed E-state index contributed by atoms with van der Waals surface area (Å²) in [6.45, 7) is 1.79. The van der Waals surface area contributed by atoms with E-state index in [0.29, 0.717) is 30.6 Å². The van der Waals surface area contributed by atoms with Gasteiger partial charge in [-0.1, -0.05) is 30.2 Å². The maximum absolute atomic E-state index is 13.2. The average Bonchev–Trinajstić information content (AvgIpc) is 2.82. The summed E-state index contributed by atoms with van der Waals surface area (Å²) in [5.41, 5.74) is 6.43. The van der Waals surface area contributed by atoms with Crippen molar-refractivity contribution in [1.29, 1.82) is 0 Å². The number of nitrogens with two attached hydrogens (primary N) is 1. The molecule has 2 atom stereocenters. The highest BCUT2D eigenvalue weighted by Crippen LogP contribution is 2.31. The first-order valence-corrected chi connectivity index (χ1v) is 6.81. The normalized spacial score (nSPS) is 23.5. The molecule has 0 aromatic heterocycles. The first-order valence-electron chi connectivity index (χ1n) is 6.43. The molecule has 0 saturated heterocycles. The molecule has 18 heavy (non-hydrogen) atoms. The predicted octanol–water partition coefficient (Wildman–Crippen LogP) is 3.37. The van der Waals surface area contributed by atoms with Gasteiger partial charge in [-0.3, -0.25) is 0 Å². The Morgan fingerprint density at radius 3 is 2.89 bits per heavy atom. The molecule has 1 aliphatic carbocycles. The lowest BCUT2D eigenvalue weighted by atomic mass is 9.97. The summed E-state index contributed by atoms with van der Waals surface area (Å²) in [7, 11) is 0. The van der Waals surface area contributed by atoms with Crippen LogP contribution in [0.4, 0.5) is 4.39 Å². The Morgan fingerprint density at radius 1 is 1.33 bits per heavy atom.